The van der Waals surface area contributed by atoms with E-state index in [-0.39, 0.29) is 21.7 Å². The Hall–Kier alpha value is -14.0. The van der Waals surface area contributed by atoms with Crippen molar-refractivity contribution in [2.45, 2.75) is 127 Å². The number of halogens is 1. The Bertz CT molecular complexity index is 7580. The fourth-order valence-corrected chi connectivity index (χ4v) is 24.3. The van der Waals surface area contributed by atoms with Gasteiger partial charge in [0.05, 0.1) is 22.0 Å². The molecule has 2 spiro atoms. The summed E-state index contributed by atoms with van der Waals surface area (Å²) in [6.45, 7) is 27.4. The maximum atomic E-state index is 6.62. The maximum absolute atomic E-state index is 6.62. The minimum absolute atomic E-state index is 0.0372. The van der Waals surface area contributed by atoms with Crippen molar-refractivity contribution in [1.82, 2.24) is 0 Å². The third-order valence-electron chi connectivity index (χ3n) is 31.3. The molecule has 0 bridgehead atoms. The number of hydrogen-bond acceptors (Lipinski definition) is 4. The van der Waals surface area contributed by atoms with Crippen LogP contribution in [-0.2, 0) is 41.8 Å². The van der Waals surface area contributed by atoms with E-state index in [9.17, 15) is 0 Å². The van der Waals surface area contributed by atoms with E-state index in [0.29, 0.717) is 0 Å². The first kappa shape index (κ1) is 84.3. The third kappa shape index (κ3) is 12.8. The van der Waals surface area contributed by atoms with Gasteiger partial charge in [0.15, 0.2) is 0 Å². The molecule has 0 aromatic heterocycles. The Morgan fingerprint density at radius 2 is 0.455 bits per heavy atom. The molecule has 7 aliphatic rings. The van der Waals surface area contributed by atoms with Crippen molar-refractivity contribution in [2.24, 2.45) is 0 Å². The Labute approximate surface area is 798 Å². The van der Waals surface area contributed by atoms with Crippen LogP contribution in [0.5, 0.6) is 0 Å². The zero-order chi connectivity index (χ0) is 91.6. The molecule has 1 fully saturated rings. The number of rotatable bonds is 10. The van der Waals surface area contributed by atoms with Crippen LogP contribution in [0.25, 0.3) is 77.9 Å². The van der Waals surface area contributed by atoms with Crippen molar-refractivity contribution >= 4 is 62.6 Å². The van der Waals surface area contributed by atoms with E-state index in [2.05, 4.69) is 533 Å². The predicted octanol–water partition coefficient (Wildman–Crippen LogP) is 32.7. The fraction of sp³-hybridized carbons (Fsp3) is 0.156. The van der Waals surface area contributed by atoms with Crippen LogP contribution in [0, 0.1) is 0 Å². The molecule has 650 valence electrons. The van der Waals surface area contributed by atoms with Gasteiger partial charge in [-0.3, -0.25) is 0 Å². The summed E-state index contributed by atoms with van der Waals surface area (Å²) in [6.07, 6.45) is 0. The second-order valence-corrected chi connectivity index (χ2v) is 41.3. The molecule has 0 saturated carbocycles. The van der Waals surface area contributed by atoms with Crippen LogP contribution in [0.2, 0.25) is 0 Å². The number of hydrogen-bond donors (Lipinski definition) is 0. The molecular weight excluding hydrogens is 1690 g/mol. The molecule has 0 atom stereocenters. The molecule has 0 radical (unpaired) electrons. The maximum Gasteiger partial charge on any atom is 0.495 e. The molecule has 1 saturated heterocycles. The van der Waals surface area contributed by atoms with Gasteiger partial charge >= 0.3 is 7.12 Å². The van der Waals surface area contributed by atoms with Gasteiger partial charge in [0.1, 0.15) is 0 Å². The molecule has 0 amide bonds. The highest BCUT2D eigenvalue weighted by Crippen LogP contribution is 2.66. The minimum atomic E-state index is -0.423. The number of fused-ring (bicyclic) bond motifs is 24. The van der Waals surface area contributed by atoms with E-state index >= 15 is 0 Å². The molecule has 6 aliphatic carbocycles. The summed E-state index contributed by atoms with van der Waals surface area (Å²) in [5, 5.41) is 0. The lowest BCUT2D eigenvalue weighted by Gasteiger charge is -2.46. The predicted molar refractivity (Wildman–Crippen MR) is 562 cm³/mol. The topological polar surface area (TPSA) is 24.9 Å². The highest BCUT2D eigenvalue weighted by molar-refractivity contribution is 9.10. The fourth-order valence-electron chi connectivity index (χ4n) is 24.1. The Kier molecular flexibility index (Phi) is 19.9. The first-order valence-electron chi connectivity index (χ1n) is 47.4. The first-order valence-corrected chi connectivity index (χ1v) is 48.2. The SMILES string of the molecule is CC1(C)c2ccccc2-c2ccc(N(c3ccc(-c4ccccc4)cc3)c3ccc(-c4cccc5c4-c4ccccc4C54c5ccccc5C(C)(C)c5ccccc54)cc3)cc21.CC1(C)c2ccccc2-c2ccc(N(c3ccc(Br)cc3)c3ccc(-c4ccccc4)cc3)cc21.CC1(C)c2ccccc2C2(c3ccccc3-c3c(B4OC(C)(C)C(C)(C)O4)cccc32)c2ccccc21. The lowest BCUT2D eigenvalue weighted by Crippen LogP contribution is -2.41. The quantitative estimate of drug-likeness (QED) is 0.127. The standard InChI is InChI=1S/C61H47N.C34H33BO2.C33H26BrN/c1-59(2)50-22-10-8-19-47(50)48-38-37-45(39-57(48)59)62(43-33-29-41(30-34-43)40-17-6-5-7-18-40)44-35-31-42(32-36-44)46-21-16-28-56-58(46)49-20-9-11-23-51(49)61(56)54-26-14-12-24-52(54)60(3,4)53-25-13-15-27-55(53)61;1-31(2)24-16-9-11-18-26(24)34(27-19-12-10-17-25(27)31)23-15-8-7-14-22(23)30-28(34)20-13-21-29(30)35-36-32(3,4)33(5,6)37-35;1-33(2)31-11-7-6-10-29(31)30-21-20-28(22-32(30)33)35(27-18-14-25(34)15-19-27)26-16-12-24(13-17-26)23-8-4-3-5-9-23/h5-39H,1-4H3;7-21H,1-6H3;3-22H,1-2H3. The summed E-state index contributed by atoms with van der Waals surface area (Å²) < 4.78 is 14.3. The van der Waals surface area contributed by atoms with E-state index in [0.717, 1.165) is 38.4 Å². The number of nitrogens with zero attached hydrogens (tertiary/aromatic N) is 2. The zero-order valence-electron chi connectivity index (χ0n) is 78.1. The molecule has 25 rings (SSSR count). The summed E-state index contributed by atoms with van der Waals surface area (Å²) in [4.78, 5) is 4.77. The summed E-state index contributed by atoms with van der Waals surface area (Å²) in [7, 11) is -0.423. The van der Waals surface area contributed by atoms with Gasteiger partial charge in [-0.15, -0.1) is 0 Å². The molecule has 0 unspecified atom stereocenters. The molecule has 1 aliphatic heterocycles. The van der Waals surface area contributed by atoms with E-state index in [1.807, 2.05) is 0 Å². The third-order valence-corrected chi connectivity index (χ3v) is 31.9. The molecule has 1 heterocycles. The summed E-state index contributed by atoms with van der Waals surface area (Å²) in [6, 6.07) is 157. The van der Waals surface area contributed by atoms with Gasteiger partial charge in [0.25, 0.3) is 0 Å². The molecule has 4 nitrogen and oxygen atoms in total. The molecule has 18 aromatic carbocycles. The van der Waals surface area contributed by atoms with Gasteiger partial charge in [-0.05, 0) is 285 Å². The van der Waals surface area contributed by atoms with Crippen LogP contribution in [0.15, 0.2) is 429 Å². The van der Waals surface area contributed by atoms with Gasteiger partial charge in [-0.25, -0.2) is 0 Å². The van der Waals surface area contributed by atoms with Crippen LogP contribution < -0.4 is 15.3 Å². The van der Waals surface area contributed by atoms with E-state index < -0.39 is 29.2 Å². The van der Waals surface area contributed by atoms with Crippen LogP contribution in [0.4, 0.5) is 34.1 Å². The molecule has 0 N–H and O–H groups in total. The van der Waals surface area contributed by atoms with Crippen molar-refractivity contribution in [1.29, 1.82) is 0 Å². The lowest BCUT2D eigenvalue weighted by molar-refractivity contribution is 0.00578. The van der Waals surface area contributed by atoms with Crippen molar-refractivity contribution in [3.05, 3.63) is 518 Å². The zero-order valence-corrected chi connectivity index (χ0v) is 79.7. The molecule has 18 aromatic rings. The smallest absolute Gasteiger partial charge is 0.399 e. The second-order valence-electron chi connectivity index (χ2n) is 40.4. The average molecular weight is 1790 g/mol. The van der Waals surface area contributed by atoms with Gasteiger partial charge < -0.3 is 19.1 Å². The highest BCUT2D eigenvalue weighted by atomic mass is 79.9. The molecule has 134 heavy (non-hydrogen) atoms. The van der Waals surface area contributed by atoms with E-state index in [1.165, 1.54) is 173 Å². The normalized spacial score (nSPS) is 16.2. The van der Waals surface area contributed by atoms with Crippen molar-refractivity contribution in [2.75, 3.05) is 9.80 Å². The van der Waals surface area contributed by atoms with Crippen molar-refractivity contribution in [3.8, 4) is 77.9 Å². The summed E-state index contributed by atoms with van der Waals surface area (Å²) in [5.41, 5.74) is 45.8. The monoisotopic (exact) mass is 1790 g/mol. The Morgan fingerprint density at radius 3 is 0.843 bits per heavy atom. The van der Waals surface area contributed by atoms with Crippen LogP contribution in [0.1, 0.15) is 172 Å². The van der Waals surface area contributed by atoms with Crippen molar-refractivity contribution in [3.63, 3.8) is 0 Å². The van der Waals surface area contributed by atoms with Crippen molar-refractivity contribution < 1.29 is 9.31 Å². The van der Waals surface area contributed by atoms with Gasteiger partial charge in [0, 0.05) is 60.3 Å². The van der Waals surface area contributed by atoms with Crippen LogP contribution in [-0.4, -0.2) is 18.3 Å². The number of anilines is 6. The van der Waals surface area contributed by atoms with Crippen LogP contribution >= 0.6 is 15.9 Å². The lowest BCUT2D eigenvalue weighted by atomic mass is 9.55. The Morgan fingerprint density at radius 1 is 0.194 bits per heavy atom. The van der Waals surface area contributed by atoms with E-state index in [1.54, 1.807) is 0 Å². The minimum Gasteiger partial charge on any atom is -0.399 e. The average Bonchev–Trinajstić information content (AvgIpc) is 1.49. The Balaban J connectivity index is 0.000000121. The van der Waals surface area contributed by atoms with Crippen LogP contribution in [0.3, 0.4) is 0 Å². The summed E-state index contributed by atoms with van der Waals surface area (Å²) in [5.74, 6) is 0. The highest BCUT2D eigenvalue weighted by Gasteiger charge is 2.58. The molecule has 6 heteroatoms. The second kappa shape index (κ2) is 31.6. The largest absolute Gasteiger partial charge is 0.495 e. The van der Waals surface area contributed by atoms with Gasteiger partial charge in [-0.1, -0.05) is 411 Å². The first-order chi connectivity index (χ1) is 64.9. The molecular formula is C128H106BBrN2O2. The van der Waals surface area contributed by atoms with Gasteiger partial charge in [0.2, 0.25) is 0 Å². The summed E-state index contributed by atoms with van der Waals surface area (Å²) >= 11 is 3.60. The van der Waals surface area contributed by atoms with Gasteiger partial charge in [-0.2, -0.15) is 0 Å². The number of benzene rings is 18. The van der Waals surface area contributed by atoms with E-state index in [4.69, 9.17) is 9.31 Å².